The van der Waals surface area contributed by atoms with E-state index in [-0.39, 0.29) is 11.9 Å². The minimum absolute atomic E-state index is 0.0503. The van der Waals surface area contributed by atoms with E-state index < -0.39 is 0 Å². The largest absolute Gasteiger partial charge is 0.496 e. The highest BCUT2D eigenvalue weighted by Crippen LogP contribution is 2.30. The summed E-state index contributed by atoms with van der Waals surface area (Å²) in [5.41, 5.74) is 1.50. The number of hydrogen-bond donors (Lipinski definition) is 1. The molecule has 1 amide bonds. The quantitative estimate of drug-likeness (QED) is 0.925. The van der Waals surface area contributed by atoms with Gasteiger partial charge in [0.05, 0.1) is 14.2 Å². The maximum Gasteiger partial charge on any atom is 0.251 e. The van der Waals surface area contributed by atoms with Crippen molar-refractivity contribution in [2.24, 2.45) is 5.92 Å². The molecule has 1 aliphatic carbocycles. The van der Waals surface area contributed by atoms with Crippen molar-refractivity contribution in [1.29, 1.82) is 0 Å². The Morgan fingerprint density at radius 3 is 2.33 bits per heavy atom. The van der Waals surface area contributed by atoms with Gasteiger partial charge >= 0.3 is 0 Å². The number of hydrogen-bond acceptors (Lipinski definition) is 3. The zero-order valence-corrected chi connectivity index (χ0v) is 13.4. The zero-order valence-electron chi connectivity index (χ0n) is 13.4. The van der Waals surface area contributed by atoms with Crippen molar-refractivity contribution in [3.63, 3.8) is 0 Å². The van der Waals surface area contributed by atoms with Crippen molar-refractivity contribution in [3.8, 4) is 11.5 Å². The van der Waals surface area contributed by atoms with Crippen LogP contribution in [0.2, 0.25) is 0 Å². The van der Waals surface area contributed by atoms with E-state index in [4.69, 9.17) is 9.47 Å². The van der Waals surface area contributed by atoms with Crippen molar-refractivity contribution in [1.82, 2.24) is 5.32 Å². The van der Waals surface area contributed by atoms with Crippen LogP contribution in [0.1, 0.15) is 48.5 Å². The van der Waals surface area contributed by atoms with Gasteiger partial charge in [-0.3, -0.25) is 4.79 Å². The van der Waals surface area contributed by atoms with Crippen molar-refractivity contribution >= 4 is 5.91 Å². The molecule has 4 heteroatoms. The summed E-state index contributed by atoms with van der Waals surface area (Å²) >= 11 is 0. The first-order chi connectivity index (χ1) is 10.0. The normalized spacial score (nSPS) is 21.7. The van der Waals surface area contributed by atoms with Gasteiger partial charge in [-0.25, -0.2) is 0 Å². The molecule has 1 N–H and O–H groups in total. The lowest BCUT2D eigenvalue weighted by Gasteiger charge is -2.27. The highest BCUT2D eigenvalue weighted by molar-refractivity contribution is 5.95. The molecule has 21 heavy (non-hydrogen) atoms. The molecule has 0 aromatic heterocycles. The molecule has 1 fully saturated rings. The Morgan fingerprint density at radius 1 is 1.19 bits per heavy atom. The fourth-order valence-electron chi connectivity index (χ4n) is 3.05. The Balaban J connectivity index is 2.15. The van der Waals surface area contributed by atoms with Crippen LogP contribution in [0.3, 0.4) is 0 Å². The maximum absolute atomic E-state index is 12.4. The molecule has 0 bridgehead atoms. The molecular formula is C17H25NO3. The molecule has 0 saturated heterocycles. The number of methoxy groups -OCH3 is 2. The standard InChI is InChI=1S/C17H25NO3/c1-11-6-5-7-14(8-11)18-17(19)13-9-15(20-3)12(2)16(10-13)21-4/h9-11,14H,5-8H2,1-4H3,(H,18,19). The van der Waals surface area contributed by atoms with Gasteiger partial charge in [-0.05, 0) is 37.8 Å². The highest BCUT2D eigenvalue weighted by atomic mass is 16.5. The number of ether oxygens (including phenoxy) is 2. The summed E-state index contributed by atoms with van der Waals surface area (Å²) in [5, 5.41) is 3.14. The smallest absolute Gasteiger partial charge is 0.251 e. The average Bonchev–Trinajstić information content (AvgIpc) is 2.47. The Morgan fingerprint density at radius 2 is 1.81 bits per heavy atom. The van der Waals surface area contributed by atoms with Gasteiger partial charge in [0.2, 0.25) is 0 Å². The Labute approximate surface area is 126 Å². The predicted molar refractivity (Wildman–Crippen MR) is 83.2 cm³/mol. The molecule has 4 nitrogen and oxygen atoms in total. The van der Waals surface area contributed by atoms with Crippen LogP contribution in [0.5, 0.6) is 11.5 Å². The van der Waals surface area contributed by atoms with E-state index in [2.05, 4.69) is 12.2 Å². The van der Waals surface area contributed by atoms with Crippen LogP contribution >= 0.6 is 0 Å². The third kappa shape index (κ3) is 3.69. The lowest BCUT2D eigenvalue weighted by atomic mass is 9.87. The number of rotatable bonds is 4. The number of carbonyl (C=O) groups excluding carboxylic acids is 1. The van der Waals surface area contributed by atoms with Gasteiger partial charge in [-0.2, -0.15) is 0 Å². The van der Waals surface area contributed by atoms with E-state index in [9.17, 15) is 4.79 Å². The molecule has 116 valence electrons. The van der Waals surface area contributed by atoms with E-state index in [0.29, 0.717) is 23.0 Å². The summed E-state index contributed by atoms with van der Waals surface area (Å²) in [6, 6.07) is 3.83. The van der Waals surface area contributed by atoms with Crippen molar-refractivity contribution in [2.75, 3.05) is 14.2 Å². The third-order valence-corrected chi connectivity index (χ3v) is 4.29. The van der Waals surface area contributed by atoms with E-state index in [1.54, 1.807) is 26.4 Å². The fourth-order valence-corrected chi connectivity index (χ4v) is 3.05. The first kappa shape index (κ1) is 15.7. The van der Waals surface area contributed by atoms with Gasteiger partial charge in [0.25, 0.3) is 5.91 Å². The van der Waals surface area contributed by atoms with Crippen LogP contribution in [-0.4, -0.2) is 26.2 Å². The van der Waals surface area contributed by atoms with Gasteiger partial charge in [-0.15, -0.1) is 0 Å². The molecule has 2 unspecified atom stereocenters. The van der Waals surface area contributed by atoms with Crippen LogP contribution < -0.4 is 14.8 Å². The second-order valence-electron chi connectivity index (χ2n) is 5.95. The Hall–Kier alpha value is -1.71. The van der Waals surface area contributed by atoms with Gasteiger partial charge < -0.3 is 14.8 Å². The summed E-state index contributed by atoms with van der Waals surface area (Å²) in [5.74, 6) is 1.99. The first-order valence-corrected chi connectivity index (χ1v) is 7.58. The SMILES string of the molecule is COc1cc(C(=O)NC2CCCC(C)C2)cc(OC)c1C. The second kappa shape index (κ2) is 6.83. The van der Waals surface area contributed by atoms with E-state index >= 15 is 0 Å². The summed E-state index contributed by atoms with van der Waals surface area (Å²) in [6.45, 7) is 4.17. The van der Waals surface area contributed by atoms with Crippen molar-refractivity contribution in [3.05, 3.63) is 23.3 Å². The molecule has 0 aliphatic heterocycles. The summed E-state index contributed by atoms with van der Waals surface area (Å²) in [6.07, 6.45) is 4.58. The number of nitrogens with one attached hydrogen (secondary N) is 1. The second-order valence-corrected chi connectivity index (χ2v) is 5.95. The summed E-state index contributed by atoms with van der Waals surface area (Å²) in [4.78, 5) is 12.4. The maximum atomic E-state index is 12.4. The molecule has 0 spiro atoms. The van der Waals surface area contributed by atoms with Gasteiger partial charge in [-0.1, -0.05) is 19.8 Å². The molecule has 0 radical (unpaired) electrons. The van der Waals surface area contributed by atoms with E-state index in [1.165, 1.54) is 12.8 Å². The fraction of sp³-hybridized carbons (Fsp3) is 0.588. The molecule has 1 aliphatic rings. The molecule has 1 saturated carbocycles. The predicted octanol–water partition coefficient (Wildman–Crippen LogP) is 3.32. The first-order valence-electron chi connectivity index (χ1n) is 7.58. The monoisotopic (exact) mass is 291 g/mol. The van der Waals surface area contributed by atoms with Crippen molar-refractivity contribution < 1.29 is 14.3 Å². The van der Waals surface area contributed by atoms with Crippen LogP contribution in [0.15, 0.2) is 12.1 Å². The number of carbonyl (C=O) groups is 1. The minimum Gasteiger partial charge on any atom is -0.496 e. The van der Waals surface area contributed by atoms with E-state index in [0.717, 1.165) is 18.4 Å². The third-order valence-electron chi connectivity index (χ3n) is 4.29. The summed E-state index contributed by atoms with van der Waals surface area (Å²) < 4.78 is 10.7. The summed E-state index contributed by atoms with van der Waals surface area (Å²) in [7, 11) is 3.21. The molecule has 2 atom stereocenters. The van der Waals surface area contributed by atoms with Crippen molar-refractivity contribution in [2.45, 2.75) is 45.6 Å². The lowest BCUT2D eigenvalue weighted by Crippen LogP contribution is -2.38. The van der Waals surface area contributed by atoms with Gasteiger partial charge in [0.15, 0.2) is 0 Å². The van der Waals surface area contributed by atoms with Crippen LogP contribution in [-0.2, 0) is 0 Å². The van der Waals surface area contributed by atoms with Crippen LogP contribution in [0, 0.1) is 12.8 Å². The minimum atomic E-state index is -0.0503. The topological polar surface area (TPSA) is 47.6 Å². The Bertz CT molecular complexity index is 488. The molecule has 0 heterocycles. The van der Waals surface area contributed by atoms with Gasteiger partial charge in [0, 0.05) is 17.2 Å². The highest BCUT2D eigenvalue weighted by Gasteiger charge is 2.22. The van der Waals surface area contributed by atoms with Crippen LogP contribution in [0.25, 0.3) is 0 Å². The molecule has 1 aromatic carbocycles. The zero-order chi connectivity index (χ0) is 15.4. The van der Waals surface area contributed by atoms with Crippen LogP contribution in [0.4, 0.5) is 0 Å². The Kier molecular flexibility index (Phi) is 5.10. The average molecular weight is 291 g/mol. The number of amides is 1. The lowest BCUT2D eigenvalue weighted by molar-refractivity contribution is 0.0920. The molecular weight excluding hydrogens is 266 g/mol. The van der Waals surface area contributed by atoms with E-state index in [1.807, 2.05) is 6.92 Å². The number of benzene rings is 1. The molecule has 2 rings (SSSR count). The molecule has 1 aromatic rings. The van der Waals surface area contributed by atoms with Gasteiger partial charge in [0.1, 0.15) is 11.5 Å².